The minimum absolute atomic E-state index is 0. The molecule has 1 spiro atoms. The number of piperidine rings is 1. The third kappa shape index (κ3) is 3.81. The van der Waals surface area contributed by atoms with Crippen molar-refractivity contribution in [3.63, 3.8) is 0 Å². The minimum Gasteiger partial charge on any atom is -0.339 e. The summed E-state index contributed by atoms with van der Waals surface area (Å²) in [5.41, 5.74) is 0.227. The molecule has 3 aliphatic rings. The lowest BCUT2D eigenvalue weighted by molar-refractivity contribution is -0.380. The maximum absolute atomic E-state index is 12.8. The Morgan fingerprint density at radius 2 is 1.78 bits per heavy atom. The van der Waals surface area contributed by atoms with Crippen LogP contribution in [-0.2, 0) is 4.79 Å². The molecule has 1 saturated carbocycles. The van der Waals surface area contributed by atoms with Crippen molar-refractivity contribution in [2.45, 2.75) is 19.3 Å². The summed E-state index contributed by atoms with van der Waals surface area (Å²) in [4.78, 5) is 39.5. The van der Waals surface area contributed by atoms with Crippen LogP contribution in [0.15, 0.2) is 12.1 Å². The topological polar surface area (TPSA) is 95.8 Å². The minimum atomic E-state index is -0.482. The molecule has 1 aromatic rings. The lowest BCUT2D eigenvalue weighted by atomic mass is 9.91. The van der Waals surface area contributed by atoms with Crippen molar-refractivity contribution in [1.29, 1.82) is 0 Å². The number of rotatable bonds is 3. The fourth-order valence-corrected chi connectivity index (χ4v) is 5.01. The second-order valence-electron chi connectivity index (χ2n) is 7.38. The predicted molar refractivity (Wildman–Crippen MR) is 103 cm³/mol. The van der Waals surface area contributed by atoms with Crippen LogP contribution in [0.25, 0.3) is 0 Å². The number of nitrogens with one attached hydrogen (secondary N) is 1. The molecule has 148 valence electrons. The molecule has 27 heavy (non-hydrogen) atoms. The van der Waals surface area contributed by atoms with Crippen molar-refractivity contribution in [3.8, 4) is 0 Å². The first-order valence-electron chi connectivity index (χ1n) is 9.03. The van der Waals surface area contributed by atoms with Crippen LogP contribution in [0.5, 0.6) is 0 Å². The van der Waals surface area contributed by atoms with E-state index in [4.69, 9.17) is 0 Å². The third-order valence-electron chi connectivity index (χ3n) is 5.95. The molecule has 1 aromatic heterocycles. The molecule has 1 unspecified atom stereocenters. The third-order valence-corrected chi connectivity index (χ3v) is 6.97. The average molecular weight is 415 g/mol. The van der Waals surface area contributed by atoms with Crippen LogP contribution in [0.1, 0.15) is 28.9 Å². The molecule has 10 heteroatoms. The van der Waals surface area contributed by atoms with E-state index in [0.717, 1.165) is 43.7 Å². The van der Waals surface area contributed by atoms with Crippen LogP contribution in [0.4, 0.5) is 5.00 Å². The lowest BCUT2D eigenvalue weighted by Crippen LogP contribution is -2.51. The van der Waals surface area contributed by atoms with Gasteiger partial charge in [-0.25, -0.2) is 0 Å². The highest BCUT2D eigenvalue weighted by Crippen LogP contribution is 2.59. The SMILES string of the molecule is Cl.O=C(c1ccc([N+](=O)[O-])s1)N1CCN(C(=O)C2CC23CCNCC3)CC1. The molecule has 1 aliphatic carbocycles. The number of nitrogens with zero attached hydrogens (tertiary/aromatic N) is 3. The maximum Gasteiger partial charge on any atom is 0.324 e. The standard InChI is InChI=1S/C17H22N4O4S.ClH/c22-15(12-11-17(12)3-5-18-6-4-17)19-7-9-20(10-8-19)16(23)13-1-2-14(26-13)21(24)25;/h1-2,12,18H,3-11H2;1H. The Morgan fingerprint density at radius 1 is 1.15 bits per heavy atom. The Hall–Kier alpha value is -1.71. The van der Waals surface area contributed by atoms with Crippen LogP contribution >= 0.6 is 23.7 Å². The summed E-state index contributed by atoms with van der Waals surface area (Å²) in [6, 6.07) is 2.87. The highest BCUT2D eigenvalue weighted by Gasteiger charge is 2.58. The zero-order valence-electron chi connectivity index (χ0n) is 14.9. The van der Waals surface area contributed by atoms with E-state index >= 15 is 0 Å². The molecule has 2 amide bonds. The fourth-order valence-electron chi connectivity index (χ4n) is 4.22. The Kier molecular flexibility index (Phi) is 5.73. The van der Waals surface area contributed by atoms with Crippen molar-refractivity contribution >= 4 is 40.6 Å². The van der Waals surface area contributed by atoms with E-state index in [1.165, 1.54) is 12.1 Å². The Balaban J connectivity index is 0.00000210. The summed E-state index contributed by atoms with van der Waals surface area (Å²) >= 11 is 0.903. The molecule has 1 atom stereocenters. The van der Waals surface area contributed by atoms with Gasteiger partial charge >= 0.3 is 5.00 Å². The molecular formula is C17H23ClN4O4S. The summed E-state index contributed by atoms with van der Waals surface area (Å²) < 4.78 is 0. The van der Waals surface area contributed by atoms with E-state index < -0.39 is 4.92 Å². The first-order valence-corrected chi connectivity index (χ1v) is 9.85. The van der Waals surface area contributed by atoms with Gasteiger partial charge < -0.3 is 15.1 Å². The van der Waals surface area contributed by atoms with Crippen LogP contribution < -0.4 is 5.32 Å². The van der Waals surface area contributed by atoms with E-state index in [9.17, 15) is 19.7 Å². The Labute approximate surface area is 167 Å². The number of amides is 2. The molecule has 4 rings (SSSR count). The van der Waals surface area contributed by atoms with Crippen molar-refractivity contribution in [1.82, 2.24) is 15.1 Å². The van der Waals surface area contributed by atoms with Crippen molar-refractivity contribution in [3.05, 3.63) is 27.1 Å². The van der Waals surface area contributed by atoms with Gasteiger partial charge in [-0.15, -0.1) is 12.4 Å². The second kappa shape index (κ2) is 7.73. The predicted octanol–water partition coefficient (Wildman–Crippen LogP) is 1.75. The zero-order chi connectivity index (χ0) is 18.3. The summed E-state index contributed by atoms with van der Waals surface area (Å²) in [6.45, 7) is 4.05. The highest BCUT2D eigenvalue weighted by molar-refractivity contribution is 7.17. The smallest absolute Gasteiger partial charge is 0.324 e. The maximum atomic E-state index is 12.8. The fraction of sp³-hybridized carbons (Fsp3) is 0.647. The number of carbonyl (C=O) groups excluding carboxylic acids is 2. The average Bonchev–Trinajstić information content (AvgIpc) is 3.11. The van der Waals surface area contributed by atoms with Gasteiger partial charge in [0.2, 0.25) is 5.91 Å². The molecular weight excluding hydrogens is 392 g/mol. The van der Waals surface area contributed by atoms with Gasteiger partial charge in [-0.1, -0.05) is 11.3 Å². The van der Waals surface area contributed by atoms with Gasteiger partial charge in [-0.2, -0.15) is 0 Å². The monoisotopic (exact) mass is 414 g/mol. The molecule has 3 fully saturated rings. The molecule has 1 N–H and O–H groups in total. The van der Waals surface area contributed by atoms with Crippen LogP contribution in [-0.4, -0.2) is 65.8 Å². The van der Waals surface area contributed by atoms with Crippen molar-refractivity contribution in [2.75, 3.05) is 39.3 Å². The van der Waals surface area contributed by atoms with E-state index in [1.54, 1.807) is 4.90 Å². The van der Waals surface area contributed by atoms with Gasteiger partial charge in [0.25, 0.3) is 5.91 Å². The molecule has 0 aromatic carbocycles. The number of hydrogen-bond acceptors (Lipinski definition) is 6. The molecule has 3 heterocycles. The van der Waals surface area contributed by atoms with E-state index in [0.29, 0.717) is 31.1 Å². The summed E-state index contributed by atoms with van der Waals surface area (Å²) in [6.07, 6.45) is 3.17. The molecule has 8 nitrogen and oxygen atoms in total. The van der Waals surface area contributed by atoms with Gasteiger partial charge in [-0.3, -0.25) is 19.7 Å². The van der Waals surface area contributed by atoms with Gasteiger partial charge in [0.05, 0.1) is 9.80 Å². The van der Waals surface area contributed by atoms with E-state index in [1.807, 2.05) is 4.90 Å². The second-order valence-corrected chi connectivity index (χ2v) is 8.44. The largest absolute Gasteiger partial charge is 0.339 e. The first kappa shape index (κ1) is 20.0. The summed E-state index contributed by atoms with van der Waals surface area (Å²) in [5.74, 6) is 0.217. The van der Waals surface area contributed by atoms with Crippen molar-refractivity contribution in [2.24, 2.45) is 11.3 Å². The normalized spacial score (nSPS) is 23.6. The van der Waals surface area contributed by atoms with Gasteiger partial charge in [-0.05, 0) is 43.8 Å². The summed E-state index contributed by atoms with van der Waals surface area (Å²) in [5, 5.41) is 14.1. The van der Waals surface area contributed by atoms with Crippen molar-refractivity contribution < 1.29 is 14.5 Å². The van der Waals surface area contributed by atoms with Crippen LogP contribution in [0.2, 0.25) is 0 Å². The molecule has 0 radical (unpaired) electrons. The quantitative estimate of drug-likeness (QED) is 0.600. The van der Waals surface area contributed by atoms with Gasteiger partial charge in [0, 0.05) is 38.2 Å². The number of carbonyl (C=O) groups is 2. The number of thiophene rings is 1. The first-order chi connectivity index (χ1) is 12.5. The van der Waals surface area contributed by atoms with Crippen LogP contribution in [0, 0.1) is 21.4 Å². The lowest BCUT2D eigenvalue weighted by Gasteiger charge is -2.35. The number of halogens is 1. The number of piperazine rings is 1. The van der Waals surface area contributed by atoms with Gasteiger partial charge in [0.1, 0.15) is 0 Å². The van der Waals surface area contributed by atoms with E-state index in [2.05, 4.69) is 5.32 Å². The Bertz CT molecular complexity index is 741. The van der Waals surface area contributed by atoms with Gasteiger partial charge in [0.15, 0.2) is 0 Å². The zero-order valence-corrected chi connectivity index (χ0v) is 16.5. The number of hydrogen-bond donors (Lipinski definition) is 1. The summed E-state index contributed by atoms with van der Waals surface area (Å²) in [7, 11) is 0. The number of nitro groups is 1. The molecule has 2 saturated heterocycles. The van der Waals surface area contributed by atoms with Crippen LogP contribution in [0.3, 0.4) is 0 Å². The molecule has 2 aliphatic heterocycles. The Morgan fingerprint density at radius 3 is 2.37 bits per heavy atom. The molecule has 0 bridgehead atoms. The highest BCUT2D eigenvalue weighted by atomic mass is 35.5. The van der Waals surface area contributed by atoms with E-state index in [-0.39, 0.29) is 40.6 Å².